The molecule has 0 bridgehead atoms. The minimum atomic E-state index is -0.318. The molecule has 0 unspecified atom stereocenters. The minimum Gasteiger partial charge on any atom is -0.349 e. The van der Waals surface area contributed by atoms with Gasteiger partial charge in [0.15, 0.2) is 0 Å². The zero-order valence-corrected chi connectivity index (χ0v) is 13.1. The van der Waals surface area contributed by atoms with Gasteiger partial charge in [0.05, 0.1) is 0 Å². The molecule has 118 valence electrons. The number of hydrogen-bond acceptors (Lipinski definition) is 3. The molecule has 3 rings (SSSR count). The monoisotopic (exact) mass is 329 g/mol. The van der Waals surface area contributed by atoms with Crippen LogP contribution in [0.3, 0.4) is 0 Å². The lowest BCUT2D eigenvalue weighted by Crippen LogP contribution is -2.27. The van der Waals surface area contributed by atoms with Crippen LogP contribution in [0.4, 0.5) is 0 Å². The van der Waals surface area contributed by atoms with Crippen LogP contribution in [0, 0.1) is 0 Å². The van der Waals surface area contributed by atoms with Gasteiger partial charge in [-0.05, 0) is 42.7 Å². The van der Waals surface area contributed by atoms with E-state index >= 15 is 0 Å². The molecular weight excluding hydrogens is 314 g/mol. The van der Waals surface area contributed by atoms with Crippen LogP contribution in [-0.2, 0) is 6.54 Å². The van der Waals surface area contributed by atoms with Crippen molar-refractivity contribution in [2.24, 2.45) is 0 Å². The second kappa shape index (κ2) is 6.79. The molecule has 23 heavy (non-hydrogen) atoms. The third-order valence-corrected chi connectivity index (χ3v) is 3.79. The first-order chi connectivity index (χ1) is 11.1. The summed E-state index contributed by atoms with van der Waals surface area (Å²) in [5, 5.41) is 6.32. The SMILES string of the molecule is O=C(NC1CC1)c1ccnc(C(=O)NCc2ccc(Cl)cc2)c1. The van der Waals surface area contributed by atoms with Crippen molar-refractivity contribution in [3.63, 3.8) is 0 Å². The van der Waals surface area contributed by atoms with Gasteiger partial charge in [0.2, 0.25) is 0 Å². The Morgan fingerprint density at radius 1 is 1.13 bits per heavy atom. The molecule has 6 heteroatoms. The summed E-state index contributed by atoms with van der Waals surface area (Å²) >= 11 is 5.82. The Morgan fingerprint density at radius 2 is 1.87 bits per heavy atom. The predicted molar refractivity (Wildman–Crippen MR) is 87.3 cm³/mol. The van der Waals surface area contributed by atoms with Crippen LogP contribution in [0.2, 0.25) is 5.02 Å². The Balaban J connectivity index is 1.62. The molecular formula is C17H16ClN3O2. The summed E-state index contributed by atoms with van der Waals surface area (Å²) in [6.45, 7) is 0.371. The van der Waals surface area contributed by atoms with Crippen LogP contribution in [0.5, 0.6) is 0 Å². The number of benzene rings is 1. The molecule has 2 amide bonds. The molecule has 2 N–H and O–H groups in total. The van der Waals surface area contributed by atoms with Crippen molar-refractivity contribution in [1.29, 1.82) is 0 Å². The third-order valence-electron chi connectivity index (χ3n) is 3.53. The first kappa shape index (κ1) is 15.5. The second-order valence-corrected chi connectivity index (χ2v) is 5.92. The Kier molecular flexibility index (Phi) is 4.57. The van der Waals surface area contributed by atoms with Crippen LogP contribution < -0.4 is 10.6 Å². The van der Waals surface area contributed by atoms with E-state index < -0.39 is 0 Å². The minimum absolute atomic E-state index is 0.165. The van der Waals surface area contributed by atoms with Gasteiger partial charge < -0.3 is 10.6 Å². The number of pyridine rings is 1. The zero-order chi connectivity index (χ0) is 16.2. The number of carbonyl (C=O) groups is 2. The van der Waals surface area contributed by atoms with Crippen molar-refractivity contribution in [3.8, 4) is 0 Å². The van der Waals surface area contributed by atoms with Crippen LogP contribution in [-0.4, -0.2) is 22.8 Å². The number of rotatable bonds is 5. The molecule has 1 fully saturated rings. The summed E-state index contributed by atoms with van der Waals surface area (Å²) < 4.78 is 0. The van der Waals surface area contributed by atoms with Crippen molar-refractivity contribution >= 4 is 23.4 Å². The summed E-state index contributed by atoms with van der Waals surface area (Å²) in [7, 11) is 0. The number of nitrogens with zero attached hydrogens (tertiary/aromatic N) is 1. The van der Waals surface area contributed by atoms with E-state index in [1.165, 1.54) is 12.3 Å². The van der Waals surface area contributed by atoms with Gasteiger partial charge in [-0.15, -0.1) is 0 Å². The quantitative estimate of drug-likeness (QED) is 0.885. The fraction of sp³-hybridized carbons (Fsp3) is 0.235. The summed E-state index contributed by atoms with van der Waals surface area (Å²) in [4.78, 5) is 28.2. The Bertz CT molecular complexity index is 727. The molecule has 0 saturated heterocycles. The zero-order valence-electron chi connectivity index (χ0n) is 12.4. The van der Waals surface area contributed by atoms with Gasteiger partial charge in [-0.2, -0.15) is 0 Å². The normalized spacial score (nSPS) is 13.4. The fourth-order valence-corrected chi connectivity index (χ4v) is 2.19. The van der Waals surface area contributed by atoms with E-state index in [2.05, 4.69) is 15.6 Å². The Hall–Kier alpha value is -2.40. The van der Waals surface area contributed by atoms with Gasteiger partial charge in [-0.1, -0.05) is 23.7 Å². The number of amides is 2. The van der Waals surface area contributed by atoms with E-state index in [-0.39, 0.29) is 23.6 Å². The smallest absolute Gasteiger partial charge is 0.270 e. The largest absolute Gasteiger partial charge is 0.349 e. The molecule has 1 saturated carbocycles. The topological polar surface area (TPSA) is 71.1 Å². The van der Waals surface area contributed by atoms with E-state index in [1.54, 1.807) is 18.2 Å². The fourth-order valence-electron chi connectivity index (χ4n) is 2.07. The van der Waals surface area contributed by atoms with Gasteiger partial charge in [-0.25, -0.2) is 0 Å². The first-order valence-corrected chi connectivity index (χ1v) is 7.79. The van der Waals surface area contributed by atoms with Crippen molar-refractivity contribution < 1.29 is 9.59 Å². The van der Waals surface area contributed by atoms with Gasteiger partial charge in [0.25, 0.3) is 11.8 Å². The molecule has 0 spiro atoms. The molecule has 0 aliphatic heterocycles. The van der Waals surface area contributed by atoms with Crippen LogP contribution >= 0.6 is 11.6 Å². The van der Waals surface area contributed by atoms with Gasteiger partial charge in [0, 0.05) is 29.4 Å². The van der Waals surface area contributed by atoms with E-state index in [1.807, 2.05) is 12.1 Å². The summed E-state index contributed by atoms with van der Waals surface area (Å²) in [6, 6.07) is 10.6. The average Bonchev–Trinajstić information content (AvgIpc) is 3.38. The third kappa shape index (κ3) is 4.29. The van der Waals surface area contributed by atoms with E-state index in [9.17, 15) is 9.59 Å². The van der Waals surface area contributed by atoms with E-state index in [0.717, 1.165) is 18.4 Å². The van der Waals surface area contributed by atoms with Gasteiger partial charge in [-0.3, -0.25) is 14.6 Å². The number of aromatic nitrogens is 1. The molecule has 0 radical (unpaired) electrons. The highest BCUT2D eigenvalue weighted by Crippen LogP contribution is 2.19. The number of halogens is 1. The van der Waals surface area contributed by atoms with E-state index in [0.29, 0.717) is 17.1 Å². The number of hydrogen-bond donors (Lipinski definition) is 2. The van der Waals surface area contributed by atoms with Crippen LogP contribution in [0.1, 0.15) is 39.3 Å². The molecule has 1 aliphatic carbocycles. The van der Waals surface area contributed by atoms with Crippen LogP contribution in [0.15, 0.2) is 42.6 Å². The highest BCUT2D eigenvalue weighted by atomic mass is 35.5. The molecule has 2 aromatic rings. The van der Waals surface area contributed by atoms with Crippen LogP contribution in [0.25, 0.3) is 0 Å². The molecule has 1 aromatic carbocycles. The standard InChI is InChI=1S/C17H16ClN3O2/c18-13-3-1-11(2-4-13)10-20-17(23)15-9-12(7-8-19-15)16(22)21-14-5-6-14/h1-4,7-9,14H,5-6,10H2,(H,20,23)(H,21,22). The number of carbonyl (C=O) groups excluding carboxylic acids is 2. The summed E-state index contributed by atoms with van der Waals surface area (Å²) in [5.41, 5.74) is 1.61. The first-order valence-electron chi connectivity index (χ1n) is 7.41. The number of nitrogens with one attached hydrogen (secondary N) is 2. The molecule has 0 atom stereocenters. The van der Waals surface area contributed by atoms with Gasteiger partial charge in [0.1, 0.15) is 5.69 Å². The Morgan fingerprint density at radius 3 is 2.57 bits per heavy atom. The molecule has 1 heterocycles. The lowest BCUT2D eigenvalue weighted by Gasteiger charge is -2.07. The Labute approximate surface area is 139 Å². The maximum absolute atomic E-state index is 12.2. The van der Waals surface area contributed by atoms with Crippen molar-refractivity contribution in [3.05, 3.63) is 64.4 Å². The average molecular weight is 330 g/mol. The van der Waals surface area contributed by atoms with Crippen molar-refractivity contribution in [1.82, 2.24) is 15.6 Å². The summed E-state index contributed by atoms with van der Waals surface area (Å²) in [5.74, 6) is -0.484. The lowest BCUT2D eigenvalue weighted by molar-refractivity contribution is 0.0946. The summed E-state index contributed by atoms with van der Waals surface area (Å²) in [6.07, 6.45) is 3.51. The lowest BCUT2D eigenvalue weighted by atomic mass is 10.2. The maximum atomic E-state index is 12.2. The van der Waals surface area contributed by atoms with Gasteiger partial charge >= 0.3 is 0 Å². The van der Waals surface area contributed by atoms with Crippen molar-refractivity contribution in [2.75, 3.05) is 0 Å². The highest BCUT2D eigenvalue weighted by molar-refractivity contribution is 6.30. The predicted octanol–water partition coefficient (Wildman–Crippen LogP) is 2.56. The molecule has 1 aliphatic rings. The molecule has 1 aromatic heterocycles. The van der Waals surface area contributed by atoms with Crippen molar-refractivity contribution in [2.45, 2.75) is 25.4 Å². The second-order valence-electron chi connectivity index (χ2n) is 5.49. The highest BCUT2D eigenvalue weighted by Gasteiger charge is 2.24. The van der Waals surface area contributed by atoms with E-state index in [4.69, 9.17) is 11.6 Å². The molecule has 5 nitrogen and oxygen atoms in total. The maximum Gasteiger partial charge on any atom is 0.270 e.